The van der Waals surface area contributed by atoms with Crippen LogP contribution in [0.25, 0.3) is 0 Å². The van der Waals surface area contributed by atoms with E-state index in [9.17, 15) is 9.59 Å². The van der Waals surface area contributed by atoms with Crippen LogP contribution in [0, 0.1) is 0 Å². The summed E-state index contributed by atoms with van der Waals surface area (Å²) in [4.78, 5) is 24.3. The SMILES string of the molecule is CCOC(=O)C(=O)N(C)c1ccc(OC(C)C)cc1. The third-order valence-corrected chi connectivity index (χ3v) is 2.35. The molecule has 0 aliphatic rings. The summed E-state index contributed by atoms with van der Waals surface area (Å²) in [7, 11) is 1.53. The van der Waals surface area contributed by atoms with Gasteiger partial charge in [0.15, 0.2) is 0 Å². The second kappa shape index (κ2) is 6.78. The van der Waals surface area contributed by atoms with Crippen LogP contribution in [0.4, 0.5) is 5.69 Å². The average molecular weight is 265 g/mol. The highest BCUT2D eigenvalue weighted by Crippen LogP contribution is 2.19. The van der Waals surface area contributed by atoms with Crippen LogP contribution in [0.1, 0.15) is 20.8 Å². The van der Waals surface area contributed by atoms with Gasteiger partial charge < -0.3 is 14.4 Å². The zero-order valence-corrected chi connectivity index (χ0v) is 11.7. The number of carbonyl (C=O) groups is 2. The van der Waals surface area contributed by atoms with E-state index in [2.05, 4.69) is 4.74 Å². The van der Waals surface area contributed by atoms with Gasteiger partial charge >= 0.3 is 11.9 Å². The molecule has 1 rings (SSSR count). The Labute approximate surface area is 113 Å². The Bertz CT molecular complexity index is 439. The van der Waals surface area contributed by atoms with Gasteiger partial charge in [-0.05, 0) is 45.0 Å². The van der Waals surface area contributed by atoms with Crippen molar-refractivity contribution in [3.05, 3.63) is 24.3 Å². The van der Waals surface area contributed by atoms with E-state index in [-0.39, 0.29) is 12.7 Å². The maximum atomic E-state index is 11.7. The molecule has 1 aromatic rings. The van der Waals surface area contributed by atoms with Gasteiger partial charge in [0.1, 0.15) is 5.75 Å². The predicted molar refractivity (Wildman–Crippen MR) is 72.2 cm³/mol. The number of anilines is 1. The topological polar surface area (TPSA) is 55.8 Å². The lowest BCUT2D eigenvalue weighted by atomic mass is 10.2. The second-order valence-electron chi connectivity index (χ2n) is 4.25. The number of likely N-dealkylation sites (N-methyl/N-ethyl adjacent to an activating group) is 1. The third-order valence-electron chi connectivity index (χ3n) is 2.35. The minimum atomic E-state index is -0.854. The molecule has 0 aliphatic heterocycles. The first-order valence-corrected chi connectivity index (χ1v) is 6.17. The molecule has 0 aliphatic carbocycles. The van der Waals surface area contributed by atoms with Crippen LogP contribution in [-0.4, -0.2) is 31.6 Å². The van der Waals surface area contributed by atoms with Crippen LogP contribution in [0.5, 0.6) is 5.75 Å². The minimum absolute atomic E-state index is 0.0877. The molecule has 0 atom stereocenters. The van der Waals surface area contributed by atoms with E-state index in [1.54, 1.807) is 31.2 Å². The third kappa shape index (κ3) is 4.28. The van der Waals surface area contributed by atoms with Crippen molar-refractivity contribution in [2.45, 2.75) is 26.9 Å². The van der Waals surface area contributed by atoms with Crippen LogP contribution in [0.15, 0.2) is 24.3 Å². The van der Waals surface area contributed by atoms with Gasteiger partial charge in [-0.2, -0.15) is 0 Å². The van der Waals surface area contributed by atoms with Crippen LogP contribution >= 0.6 is 0 Å². The highest BCUT2D eigenvalue weighted by molar-refractivity contribution is 6.37. The van der Waals surface area contributed by atoms with Crippen LogP contribution in [0.2, 0.25) is 0 Å². The maximum Gasteiger partial charge on any atom is 0.397 e. The minimum Gasteiger partial charge on any atom is -0.491 e. The molecular formula is C14H19NO4. The highest BCUT2D eigenvalue weighted by atomic mass is 16.5. The zero-order valence-electron chi connectivity index (χ0n) is 11.7. The Balaban J connectivity index is 2.74. The number of nitrogens with zero attached hydrogens (tertiary/aromatic N) is 1. The Morgan fingerprint density at radius 3 is 2.26 bits per heavy atom. The molecule has 0 aromatic heterocycles. The molecule has 0 heterocycles. The van der Waals surface area contributed by atoms with E-state index in [0.29, 0.717) is 5.69 Å². The highest BCUT2D eigenvalue weighted by Gasteiger charge is 2.21. The Hall–Kier alpha value is -2.04. The largest absolute Gasteiger partial charge is 0.491 e. The number of esters is 1. The van der Waals surface area contributed by atoms with Gasteiger partial charge in [0.2, 0.25) is 0 Å². The van der Waals surface area contributed by atoms with E-state index in [4.69, 9.17) is 4.74 Å². The lowest BCUT2D eigenvalue weighted by Crippen LogP contribution is -2.34. The zero-order chi connectivity index (χ0) is 14.4. The maximum absolute atomic E-state index is 11.7. The lowest BCUT2D eigenvalue weighted by molar-refractivity contribution is -0.153. The number of hydrogen-bond acceptors (Lipinski definition) is 4. The molecule has 0 fully saturated rings. The molecule has 0 saturated carbocycles. The summed E-state index contributed by atoms with van der Waals surface area (Å²) in [6, 6.07) is 6.94. The van der Waals surface area contributed by atoms with Gasteiger partial charge in [-0.3, -0.25) is 4.79 Å². The summed E-state index contributed by atoms with van der Waals surface area (Å²) in [6.45, 7) is 5.71. The summed E-state index contributed by atoms with van der Waals surface area (Å²) in [6.07, 6.45) is 0.0877. The van der Waals surface area contributed by atoms with Gasteiger partial charge in [0.05, 0.1) is 12.7 Å². The number of carbonyl (C=O) groups excluding carboxylic acids is 2. The molecule has 5 nitrogen and oxygen atoms in total. The van der Waals surface area contributed by atoms with Gasteiger partial charge in [-0.15, -0.1) is 0 Å². The van der Waals surface area contributed by atoms with Crippen molar-refractivity contribution in [3.8, 4) is 5.75 Å². The number of hydrogen-bond donors (Lipinski definition) is 0. The Morgan fingerprint density at radius 1 is 1.21 bits per heavy atom. The molecule has 1 amide bonds. The molecule has 104 valence electrons. The van der Waals surface area contributed by atoms with Crippen molar-refractivity contribution < 1.29 is 19.1 Å². The summed E-state index contributed by atoms with van der Waals surface area (Å²) in [5, 5.41) is 0. The molecule has 0 radical (unpaired) electrons. The van der Waals surface area contributed by atoms with Crippen molar-refractivity contribution in [2.24, 2.45) is 0 Å². The fourth-order valence-corrected chi connectivity index (χ4v) is 1.47. The van der Waals surface area contributed by atoms with Gasteiger partial charge in [-0.1, -0.05) is 0 Å². The number of rotatable bonds is 4. The smallest absolute Gasteiger partial charge is 0.397 e. The van der Waals surface area contributed by atoms with Gasteiger partial charge in [0.25, 0.3) is 0 Å². The molecule has 0 N–H and O–H groups in total. The van der Waals surface area contributed by atoms with Crippen molar-refractivity contribution >= 4 is 17.6 Å². The summed E-state index contributed by atoms with van der Waals surface area (Å²) in [5.74, 6) is -0.831. The Kier molecular flexibility index (Phi) is 5.36. The average Bonchev–Trinajstić information content (AvgIpc) is 2.37. The molecule has 0 bridgehead atoms. The fourth-order valence-electron chi connectivity index (χ4n) is 1.47. The van der Waals surface area contributed by atoms with E-state index in [1.807, 2.05) is 13.8 Å². The summed E-state index contributed by atoms with van der Waals surface area (Å²) in [5.41, 5.74) is 0.606. The molecule has 5 heteroatoms. The van der Waals surface area contributed by atoms with Crippen molar-refractivity contribution in [1.82, 2.24) is 0 Å². The predicted octanol–water partition coefficient (Wildman–Crippen LogP) is 2.00. The van der Waals surface area contributed by atoms with Gasteiger partial charge in [-0.25, -0.2) is 4.79 Å². The van der Waals surface area contributed by atoms with E-state index in [1.165, 1.54) is 11.9 Å². The standard InChI is InChI=1S/C14H19NO4/c1-5-18-14(17)13(16)15(4)11-6-8-12(9-7-11)19-10(2)3/h6-10H,5H2,1-4H3. The van der Waals surface area contributed by atoms with E-state index >= 15 is 0 Å². The van der Waals surface area contributed by atoms with Crippen LogP contribution < -0.4 is 9.64 Å². The van der Waals surface area contributed by atoms with Crippen molar-refractivity contribution in [2.75, 3.05) is 18.6 Å². The van der Waals surface area contributed by atoms with Gasteiger partial charge in [0, 0.05) is 12.7 Å². The lowest BCUT2D eigenvalue weighted by Gasteiger charge is -2.17. The molecular weight excluding hydrogens is 246 g/mol. The van der Waals surface area contributed by atoms with Crippen LogP contribution in [-0.2, 0) is 14.3 Å². The number of amides is 1. The van der Waals surface area contributed by atoms with Crippen LogP contribution in [0.3, 0.4) is 0 Å². The molecule has 0 saturated heterocycles. The summed E-state index contributed by atoms with van der Waals surface area (Å²) >= 11 is 0. The summed E-state index contributed by atoms with van der Waals surface area (Å²) < 4.78 is 10.2. The quantitative estimate of drug-likeness (QED) is 0.617. The normalized spacial score (nSPS) is 10.2. The van der Waals surface area contributed by atoms with E-state index in [0.717, 1.165) is 5.75 Å². The Morgan fingerprint density at radius 2 is 1.79 bits per heavy atom. The first-order chi connectivity index (χ1) is 8.95. The monoisotopic (exact) mass is 265 g/mol. The molecule has 1 aromatic carbocycles. The molecule has 19 heavy (non-hydrogen) atoms. The molecule has 0 unspecified atom stereocenters. The first-order valence-electron chi connectivity index (χ1n) is 6.17. The van der Waals surface area contributed by atoms with Crippen molar-refractivity contribution in [3.63, 3.8) is 0 Å². The van der Waals surface area contributed by atoms with Crippen molar-refractivity contribution in [1.29, 1.82) is 0 Å². The fraction of sp³-hybridized carbons (Fsp3) is 0.429. The first kappa shape index (κ1) is 15.0. The second-order valence-corrected chi connectivity index (χ2v) is 4.25. The molecule has 0 spiro atoms. The number of benzene rings is 1. The number of ether oxygens (including phenoxy) is 2. The van der Waals surface area contributed by atoms with E-state index < -0.39 is 11.9 Å².